The fourth-order valence-corrected chi connectivity index (χ4v) is 3.74. The minimum Gasteiger partial charge on any atom is -0.326 e. The molecule has 0 aliphatic heterocycles. The van der Waals surface area contributed by atoms with Gasteiger partial charge in [-0.2, -0.15) is 5.10 Å². The Morgan fingerprint density at radius 1 is 1.11 bits per heavy atom. The van der Waals surface area contributed by atoms with Gasteiger partial charge in [0.2, 0.25) is 5.91 Å². The summed E-state index contributed by atoms with van der Waals surface area (Å²) < 4.78 is 0. The van der Waals surface area contributed by atoms with Gasteiger partial charge >= 0.3 is 5.00 Å². The van der Waals surface area contributed by atoms with Crippen LogP contribution in [0.1, 0.15) is 47.3 Å². The van der Waals surface area contributed by atoms with Gasteiger partial charge in [-0.3, -0.25) is 19.7 Å². The van der Waals surface area contributed by atoms with E-state index in [0.29, 0.717) is 16.1 Å². The SMILES string of the molecule is O=C(N/N=C/c1ccc([N+](=O)[O-])s1)c1ccc(NC(=O)C2CCCCC2)cc1. The summed E-state index contributed by atoms with van der Waals surface area (Å²) in [5.74, 6) is -0.307. The molecule has 1 aliphatic carbocycles. The Labute approximate surface area is 165 Å². The number of hydrogen-bond acceptors (Lipinski definition) is 6. The molecule has 8 nitrogen and oxygen atoms in total. The molecular weight excluding hydrogens is 380 g/mol. The molecule has 146 valence electrons. The number of nitrogens with zero attached hydrogens (tertiary/aromatic N) is 2. The van der Waals surface area contributed by atoms with E-state index in [1.54, 1.807) is 30.3 Å². The molecule has 1 aliphatic rings. The van der Waals surface area contributed by atoms with Crippen molar-refractivity contribution in [2.75, 3.05) is 5.32 Å². The second-order valence-corrected chi connectivity index (χ2v) is 7.63. The molecular formula is C19H20N4O4S. The molecule has 1 fully saturated rings. The zero-order valence-electron chi connectivity index (χ0n) is 15.1. The van der Waals surface area contributed by atoms with Crippen molar-refractivity contribution >= 4 is 40.1 Å². The zero-order chi connectivity index (χ0) is 19.9. The number of carbonyl (C=O) groups is 2. The Hall–Kier alpha value is -3.07. The summed E-state index contributed by atoms with van der Waals surface area (Å²) in [4.78, 5) is 35.1. The first-order chi connectivity index (χ1) is 13.5. The van der Waals surface area contributed by atoms with Gasteiger partial charge in [-0.05, 0) is 43.2 Å². The van der Waals surface area contributed by atoms with Crippen LogP contribution in [0, 0.1) is 16.0 Å². The van der Waals surface area contributed by atoms with E-state index in [2.05, 4.69) is 15.8 Å². The van der Waals surface area contributed by atoms with Crippen molar-refractivity contribution in [3.05, 3.63) is 57.0 Å². The number of anilines is 1. The minimum absolute atomic E-state index is 0.0126. The van der Waals surface area contributed by atoms with Gasteiger partial charge < -0.3 is 5.32 Å². The van der Waals surface area contributed by atoms with Crippen LogP contribution in [0.2, 0.25) is 0 Å². The number of hydrazone groups is 1. The van der Waals surface area contributed by atoms with Crippen LogP contribution in [0.3, 0.4) is 0 Å². The number of thiophene rings is 1. The Kier molecular flexibility index (Phi) is 6.49. The maximum Gasteiger partial charge on any atom is 0.324 e. The first kappa shape index (κ1) is 19.7. The van der Waals surface area contributed by atoms with E-state index in [-0.39, 0.29) is 16.8 Å². The molecule has 2 amide bonds. The van der Waals surface area contributed by atoms with Crippen LogP contribution in [-0.2, 0) is 4.79 Å². The predicted octanol–water partition coefficient (Wildman–Crippen LogP) is 3.94. The van der Waals surface area contributed by atoms with Crippen molar-refractivity contribution in [2.45, 2.75) is 32.1 Å². The average molecular weight is 400 g/mol. The molecule has 0 saturated heterocycles. The number of carbonyl (C=O) groups excluding carboxylic acids is 2. The van der Waals surface area contributed by atoms with Crippen LogP contribution in [-0.4, -0.2) is 23.0 Å². The maximum atomic E-state index is 12.3. The lowest BCUT2D eigenvalue weighted by molar-refractivity contribution is -0.380. The monoisotopic (exact) mass is 400 g/mol. The van der Waals surface area contributed by atoms with Crippen LogP contribution in [0.15, 0.2) is 41.5 Å². The Morgan fingerprint density at radius 2 is 1.82 bits per heavy atom. The molecule has 2 aromatic rings. The maximum absolute atomic E-state index is 12.3. The third-order valence-corrected chi connectivity index (χ3v) is 5.51. The molecule has 9 heteroatoms. The molecule has 0 radical (unpaired) electrons. The predicted molar refractivity (Wildman–Crippen MR) is 108 cm³/mol. The van der Waals surface area contributed by atoms with E-state index >= 15 is 0 Å². The highest BCUT2D eigenvalue weighted by Crippen LogP contribution is 2.25. The van der Waals surface area contributed by atoms with Gasteiger partial charge in [0, 0.05) is 23.2 Å². The first-order valence-corrected chi connectivity index (χ1v) is 9.83. The van der Waals surface area contributed by atoms with Gasteiger partial charge in [0.25, 0.3) is 5.91 Å². The second-order valence-electron chi connectivity index (χ2n) is 6.53. The molecule has 1 saturated carbocycles. The smallest absolute Gasteiger partial charge is 0.324 e. The number of amides is 2. The van der Waals surface area contributed by atoms with Crippen LogP contribution in [0.5, 0.6) is 0 Å². The van der Waals surface area contributed by atoms with Gasteiger partial charge in [0.05, 0.1) is 16.0 Å². The van der Waals surface area contributed by atoms with Gasteiger partial charge in [-0.15, -0.1) is 0 Å². The number of benzene rings is 1. The average Bonchev–Trinajstić information content (AvgIpc) is 3.18. The summed E-state index contributed by atoms with van der Waals surface area (Å²) in [5.41, 5.74) is 3.43. The van der Waals surface area contributed by atoms with Crippen molar-refractivity contribution in [1.82, 2.24) is 5.43 Å². The third-order valence-electron chi connectivity index (χ3n) is 4.54. The van der Waals surface area contributed by atoms with Gasteiger partial charge in [0.15, 0.2) is 0 Å². The van der Waals surface area contributed by atoms with Crippen LogP contribution < -0.4 is 10.7 Å². The summed E-state index contributed by atoms with van der Waals surface area (Å²) in [6.07, 6.45) is 6.59. The summed E-state index contributed by atoms with van der Waals surface area (Å²) in [5, 5.41) is 17.4. The van der Waals surface area contributed by atoms with Crippen LogP contribution in [0.4, 0.5) is 10.7 Å². The summed E-state index contributed by atoms with van der Waals surface area (Å²) in [6, 6.07) is 9.52. The Bertz CT molecular complexity index is 886. The topological polar surface area (TPSA) is 114 Å². The third kappa shape index (κ3) is 5.23. The quantitative estimate of drug-likeness (QED) is 0.434. The normalized spacial score (nSPS) is 14.7. The van der Waals surface area contributed by atoms with Crippen molar-refractivity contribution in [2.24, 2.45) is 11.0 Å². The van der Waals surface area contributed by atoms with E-state index in [0.717, 1.165) is 37.0 Å². The van der Waals surface area contributed by atoms with E-state index in [1.807, 2.05) is 0 Å². The summed E-state index contributed by atoms with van der Waals surface area (Å²) >= 11 is 0.968. The highest BCUT2D eigenvalue weighted by atomic mass is 32.1. The molecule has 1 heterocycles. The van der Waals surface area contributed by atoms with Crippen molar-refractivity contribution in [3.63, 3.8) is 0 Å². The lowest BCUT2D eigenvalue weighted by Crippen LogP contribution is -2.24. The number of nitro groups is 1. The largest absolute Gasteiger partial charge is 0.326 e. The van der Waals surface area contributed by atoms with E-state index in [4.69, 9.17) is 0 Å². The molecule has 1 aromatic carbocycles. The molecule has 0 atom stereocenters. The first-order valence-electron chi connectivity index (χ1n) is 9.01. The van der Waals surface area contributed by atoms with Gasteiger partial charge in [0.1, 0.15) is 0 Å². The summed E-state index contributed by atoms with van der Waals surface area (Å²) in [7, 11) is 0. The van der Waals surface area contributed by atoms with Crippen molar-refractivity contribution < 1.29 is 14.5 Å². The Balaban J connectivity index is 1.52. The molecule has 0 unspecified atom stereocenters. The fraction of sp³-hybridized carbons (Fsp3) is 0.316. The van der Waals surface area contributed by atoms with E-state index in [1.165, 1.54) is 18.7 Å². The molecule has 2 N–H and O–H groups in total. The molecule has 0 bridgehead atoms. The lowest BCUT2D eigenvalue weighted by Gasteiger charge is -2.20. The van der Waals surface area contributed by atoms with E-state index < -0.39 is 10.8 Å². The highest BCUT2D eigenvalue weighted by Gasteiger charge is 2.21. The fourth-order valence-electron chi connectivity index (χ4n) is 3.04. The Morgan fingerprint density at radius 3 is 2.46 bits per heavy atom. The molecule has 0 spiro atoms. The molecule has 3 rings (SSSR count). The van der Waals surface area contributed by atoms with Crippen molar-refractivity contribution in [1.29, 1.82) is 0 Å². The second kappa shape index (κ2) is 9.23. The van der Waals surface area contributed by atoms with Crippen LogP contribution in [0.25, 0.3) is 0 Å². The number of hydrogen-bond donors (Lipinski definition) is 2. The van der Waals surface area contributed by atoms with Crippen molar-refractivity contribution in [3.8, 4) is 0 Å². The minimum atomic E-state index is -0.477. The molecule has 28 heavy (non-hydrogen) atoms. The van der Waals surface area contributed by atoms with Crippen LogP contribution >= 0.6 is 11.3 Å². The van der Waals surface area contributed by atoms with Gasteiger partial charge in [-0.25, -0.2) is 5.43 Å². The number of nitrogens with one attached hydrogen (secondary N) is 2. The standard InChI is InChI=1S/C19H20N4O4S/c24-18(13-4-2-1-3-5-13)21-15-8-6-14(7-9-15)19(25)22-20-12-16-10-11-17(28-16)23(26)27/h6-13H,1-5H2,(H,21,24)(H,22,25)/b20-12+. The highest BCUT2D eigenvalue weighted by molar-refractivity contribution is 7.16. The van der Waals surface area contributed by atoms with Gasteiger partial charge in [-0.1, -0.05) is 30.6 Å². The number of rotatable bonds is 6. The lowest BCUT2D eigenvalue weighted by atomic mass is 9.88. The molecule has 1 aromatic heterocycles. The zero-order valence-corrected chi connectivity index (χ0v) is 15.9. The summed E-state index contributed by atoms with van der Waals surface area (Å²) in [6.45, 7) is 0. The van der Waals surface area contributed by atoms with E-state index in [9.17, 15) is 19.7 Å².